The van der Waals surface area contributed by atoms with Crippen LogP contribution in [0.4, 0.5) is 0 Å². The van der Waals surface area contributed by atoms with Crippen LogP contribution in [-0.2, 0) is 0 Å². The van der Waals surface area contributed by atoms with Crippen molar-refractivity contribution in [3.05, 3.63) is 29.8 Å². The van der Waals surface area contributed by atoms with E-state index >= 15 is 0 Å². The Morgan fingerprint density at radius 3 is 2.55 bits per heavy atom. The molecule has 0 aliphatic heterocycles. The van der Waals surface area contributed by atoms with Gasteiger partial charge in [0.2, 0.25) is 0 Å². The molecule has 3 nitrogen and oxygen atoms in total. The molecule has 1 aliphatic rings. The van der Waals surface area contributed by atoms with Crippen LogP contribution in [0, 0.1) is 11.8 Å². The molecule has 2 unspecified atom stereocenters. The second-order valence-electron chi connectivity index (χ2n) is 5.93. The first-order valence-corrected chi connectivity index (χ1v) is 7.90. The highest BCUT2D eigenvalue weighted by Gasteiger charge is 2.27. The van der Waals surface area contributed by atoms with Gasteiger partial charge in [-0.25, -0.2) is 0 Å². The Kier molecular flexibility index (Phi) is 5.86. The number of nitrogens with two attached hydrogens (primary N) is 1. The molecule has 3 heteroatoms. The summed E-state index contributed by atoms with van der Waals surface area (Å²) >= 11 is 0. The van der Waals surface area contributed by atoms with Gasteiger partial charge in [0.1, 0.15) is 5.75 Å². The summed E-state index contributed by atoms with van der Waals surface area (Å²) in [7, 11) is 0. The molecule has 112 valence electrons. The maximum atomic E-state index is 5.91. The van der Waals surface area contributed by atoms with Crippen molar-refractivity contribution >= 4 is 0 Å². The van der Waals surface area contributed by atoms with Crippen molar-refractivity contribution in [3.63, 3.8) is 0 Å². The highest BCUT2D eigenvalue weighted by atomic mass is 16.5. The molecule has 0 amide bonds. The molecular weight excluding hydrogens is 248 g/mol. The van der Waals surface area contributed by atoms with Crippen molar-refractivity contribution in [1.29, 1.82) is 0 Å². The predicted molar refractivity (Wildman–Crippen MR) is 83.9 cm³/mol. The van der Waals surface area contributed by atoms with Crippen LogP contribution < -0.4 is 15.8 Å². The van der Waals surface area contributed by atoms with Gasteiger partial charge in [-0.2, -0.15) is 0 Å². The summed E-state index contributed by atoms with van der Waals surface area (Å²) in [5, 5.41) is 3.60. The van der Waals surface area contributed by atoms with Crippen molar-refractivity contribution in [3.8, 4) is 5.75 Å². The van der Waals surface area contributed by atoms with Crippen LogP contribution in [0.25, 0.3) is 0 Å². The van der Waals surface area contributed by atoms with Crippen LogP contribution in [0.1, 0.15) is 44.7 Å². The monoisotopic (exact) mass is 276 g/mol. The second kappa shape index (κ2) is 7.65. The third-order valence-corrected chi connectivity index (χ3v) is 4.10. The van der Waals surface area contributed by atoms with E-state index in [1.807, 2.05) is 12.1 Å². The molecule has 0 aromatic heterocycles. The lowest BCUT2D eigenvalue weighted by molar-refractivity contribution is 0.317. The van der Waals surface area contributed by atoms with Crippen molar-refractivity contribution in [2.75, 3.05) is 19.7 Å². The van der Waals surface area contributed by atoms with Gasteiger partial charge >= 0.3 is 0 Å². The summed E-state index contributed by atoms with van der Waals surface area (Å²) in [5.41, 5.74) is 7.16. The average molecular weight is 276 g/mol. The van der Waals surface area contributed by atoms with Gasteiger partial charge in [0, 0.05) is 12.6 Å². The quantitative estimate of drug-likeness (QED) is 0.728. The molecule has 2 atom stereocenters. The van der Waals surface area contributed by atoms with E-state index in [9.17, 15) is 0 Å². The largest absolute Gasteiger partial charge is 0.494 e. The maximum Gasteiger partial charge on any atom is 0.119 e. The molecule has 1 aromatic carbocycles. The Bertz CT molecular complexity index is 386. The number of rotatable bonds is 9. The first-order valence-electron chi connectivity index (χ1n) is 7.90. The van der Waals surface area contributed by atoms with Gasteiger partial charge in [-0.3, -0.25) is 0 Å². The first kappa shape index (κ1) is 15.3. The Morgan fingerprint density at radius 1 is 1.30 bits per heavy atom. The lowest BCUT2D eigenvalue weighted by Crippen LogP contribution is -2.32. The summed E-state index contributed by atoms with van der Waals surface area (Å²) in [5.74, 6) is 2.64. The van der Waals surface area contributed by atoms with Gasteiger partial charge in [-0.1, -0.05) is 26.0 Å². The van der Waals surface area contributed by atoms with Crippen LogP contribution in [0.2, 0.25) is 0 Å². The Balaban J connectivity index is 1.85. The molecule has 2 rings (SSSR count). The maximum absolute atomic E-state index is 5.91. The highest BCUT2D eigenvalue weighted by molar-refractivity contribution is 5.29. The number of hydrogen-bond donors (Lipinski definition) is 2. The molecule has 1 aromatic rings. The standard InChI is InChI=1S/C17H28N2O/c1-3-10-20-16-8-6-15(7-9-16)17(11-18)19-12-13(2)14-4-5-14/h6-9,13-14,17,19H,3-5,10-12,18H2,1-2H3. The summed E-state index contributed by atoms with van der Waals surface area (Å²) in [6.45, 7) is 6.91. The molecular formula is C17H28N2O. The zero-order valence-electron chi connectivity index (χ0n) is 12.8. The van der Waals surface area contributed by atoms with E-state index in [1.54, 1.807) is 0 Å². The van der Waals surface area contributed by atoms with E-state index in [-0.39, 0.29) is 6.04 Å². The SMILES string of the molecule is CCCOc1ccc(C(CN)NCC(C)C2CC2)cc1. The zero-order chi connectivity index (χ0) is 14.4. The number of hydrogen-bond acceptors (Lipinski definition) is 3. The molecule has 0 saturated heterocycles. The van der Waals surface area contributed by atoms with Crippen molar-refractivity contribution in [2.45, 2.75) is 39.2 Å². The highest BCUT2D eigenvalue weighted by Crippen LogP contribution is 2.36. The van der Waals surface area contributed by atoms with Gasteiger partial charge in [-0.05, 0) is 55.3 Å². The van der Waals surface area contributed by atoms with Crippen molar-refractivity contribution < 1.29 is 4.74 Å². The van der Waals surface area contributed by atoms with E-state index < -0.39 is 0 Å². The predicted octanol–water partition coefficient (Wildman–Crippen LogP) is 3.11. The van der Waals surface area contributed by atoms with Gasteiger partial charge in [0.05, 0.1) is 6.61 Å². The van der Waals surface area contributed by atoms with Crippen molar-refractivity contribution in [1.82, 2.24) is 5.32 Å². The van der Waals surface area contributed by atoms with Crippen LogP contribution in [0.5, 0.6) is 5.75 Å². The van der Waals surface area contributed by atoms with E-state index in [1.165, 1.54) is 18.4 Å². The van der Waals surface area contributed by atoms with Crippen LogP contribution >= 0.6 is 0 Å². The molecule has 0 heterocycles. The van der Waals surface area contributed by atoms with E-state index in [2.05, 4.69) is 31.3 Å². The molecule has 0 bridgehead atoms. The molecule has 20 heavy (non-hydrogen) atoms. The van der Waals surface area contributed by atoms with Gasteiger partial charge in [-0.15, -0.1) is 0 Å². The summed E-state index contributed by atoms with van der Waals surface area (Å²) in [6.07, 6.45) is 3.84. The Hall–Kier alpha value is -1.06. The van der Waals surface area contributed by atoms with Crippen LogP contribution in [0.15, 0.2) is 24.3 Å². The fourth-order valence-electron chi connectivity index (χ4n) is 2.51. The Morgan fingerprint density at radius 2 is 2.00 bits per heavy atom. The smallest absolute Gasteiger partial charge is 0.119 e. The van der Waals surface area contributed by atoms with Crippen LogP contribution in [0.3, 0.4) is 0 Å². The first-order chi connectivity index (χ1) is 9.74. The molecule has 1 aliphatic carbocycles. The third-order valence-electron chi connectivity index (χ3n) is 4.10. The van der Waals surface area contributed by atoms with E-state index in [4.69, 9.17) is 10.5 Å². The fraction of sp³-hybridized carbons (Fsp3) is 0.647. The lowest BCUT2D eigenvalue weighted by atomic mass is 10.0. The van der Waals surface area contributed by atoms with Crippen molar-refractivity contribution in [2.24, 2.45) is 17.6 Å². The van der Waals surface area contributed by atoms with E-state index in [0.29, 0.717) is 6.54 Å². The number of benzene rings is 1. The zero-order valence-corrected chi connectivity index (χ0v) is 12.8. The minimum atomic E-state index is 0.247. The average Bonchev–Trinajstić information content (AvgIpc) is 3.31. The summed E-state index contributed by atoms with van der Waals surface area (Å²) < 4.78 is 5.61. The normalized spacial score (nSPS) is 17.8. The minimum absolute atomic E-state index is 0.247. The minimum Gasteiger partial charge on any atom is -0.494 e. The molecule has 3 N–H and O–H groups in total. The number of nitrogens with one attached hydrogen (secondary N) is 1. The lowest BCUT2D eigenvalue weighted by Gasteiger charge is -2.20. The summed E-state index contributed by atoms with van der Waals surface area (Å²) in [4.78, 5) is 0. The van der Waals surface area contributed by atoms with Crippen LogP contribution in [-0.4, -0.2) is 19.7 Å². The van der Waals surface area contributed by atoms with E-state index in [0.717, 1.165) is 37.2 Å². The third kappa shape index (κ3) is 4.50. The van der Waals surface area contributed by atoms with Gasteiger partial charge in [0.25, 0.3) is 0 Å². The molecule has 0 radical (unpaired) electrons. The second-order valence-corrected chi connectivity index (χ2v) is 5.93. The van der Waals surface area contributed by atoms with Gasteiger partial charge in [0.15, 0.2) is 0 Å². The van der Waals surface area contributed by atoms with Gasteiger partial charge < -0.3 is 15.8 Å². The molecule has 0 spiro atoms. The Labute approximate surface area is 122 Å². The number of ether oxygens (including phenoxy) is 1. The molecule has 1 saturated carbocycles. The summed E-state index contributed by atoms with van der Waals surface area (Å²) in [6, 6.07) is 8.57. The molecule has 1 fully saturated rings. The topological polar surface area (TPSA) is 47.3 Å². The fourth-order valence-corrected chi connectivity index (χ4v) is 2.51.